The molecule has 4 heterocycles. The highest BCUT2D eigenvalue weighted by atomic mass is 19.1. The van der Waals surface area contributed by atoms with E-state index in [1.54, 1.807) is 18.3 Å². The molecule has 3 unspecified atom stereocenters. The highest BCUT2D eigenvalue weighted by Crippen LogP contribution is 2.40. The van der Waals surface area contributed by atoms with Gasteiger partial charge in [0.2, 0.25) is 5.88 Å². The molecule has 3 aliphatic rings. The van der Waals surface area contributed by atoms with Gasteiger partial charge in [-0.25, -0.2) is 14.4 Å². The van der Waals surface area contributed by atoms with Crippen LogP contribution in [0.3, 0.4) is 0 Å². The Bertz CT molecular complexity index is 1340. The number of halogens is 1. The van der Waals surface area contributed by atoms with Gasteiger partial charge in [-0.3, -0.25) is 4.79 Å². The molecule has 0 N–H and O–H groups in total. The quantitative estimate of drug-likeness (QED) is 0.454. The number of benzene rings is 2. The first-order valence-corrected chi connectivity index (χ1v) is 11.5. The van der Waals surface area contributed by atoms with E-state index in [1.807, 2.05) is 29.2 Å². The number of carbonyl (C=O) groups excluding carboxylic acids is 1. The smallest absolute Gasteiger partial charge is 0.259 e. The number of amides is 1. The second-order valence-electron chi connectivity index (χ2n) is 8.90. The predicted molar refractivity (Wildman–Crippen MR) is 122 cm³/mol. The molecule has 2 aromatic heterocycles. The molecule has 1 saturated carbocycles. The van der Waals surface area contributed by atoms with Crippen molar-refractivity contribution < 1.29 is 13.9 Å². The monoisotopic (exact) mass is 458 g/mol. The molecule has 2 bridgehead atoms. The summed E-state index contributed by atoms with van der Waals surface area (Å²) < 4.78 is 20.9. The molecule has 1 amide bonds. The largest absolute Gasteiger partial charge is 0.476 e. The van der Waals surface area contributed by atoms with E-state index >= 15 is 0 Å². The Morgan fingerprint density at radius 2 is 1.88 bits per heavy atom. The number of rotatable bonds is 5. The van der Waals surface area contributed by atoms with E-state index in [1.165, 1.54) is 23.3 Å². The lowest BCUT2D eigenvalue weighted by atomic mass is 9.72. The Morgan fingerprint density at radius 1 is 1.06 bits per heavy atom. The molecule has 3 fully saturated rings. The normalized spacial score (nSPS) is 21.7. The Hall–Kier alpha value is -3.88. The number of piperidine rings is 2. The maximum atomic E-state index is 14.8. The Morgan fingerprint density at radius 3 is 2.68 bits per heavy atom. The van der Waals surface area contributed by atoms with Crippen molar-refractivity contribution in [2.45, 2.75) is 25.3 Å². The van der Waals surface area contributed by atoms with Gasteiger partial charge in [0.25, 0.3) is 5.91 Å². The van der Waals surface area contributed by atoms with Crippen molar-refractivity contribution in [1.82, 2.24) is 29.9 Å². The van der Waals surface area contributed by atoms with E-state index in [0.29, 0.717) is 36.6 Å². The number of hydrogen-bond acceptors (Lipinski definition) is 6. The lowest BCUT2D eigenvalue weighted by Crippen LogP contribution is -2.55. The predicted octanol–water partition coefficient (Wildman–Crippen LogP) is 3.67. The molecule has 172 valence electrons. The molecule has 0 spiro atoms. The second-order valence-corrected chi connectivity index (χ2v) is 8.90. The number of carbonyl (C=O) groups is 1. The molecule has 1 aliphatic carbocycles. The highest BCUT2D eigenvalue weighted by molar-refractivity contribution is 5.98. The Balaban J connectivity index is 1.17. The molecular formula is C25H23FN6O2. The zero-order valence-electron chi connectivity index (χ0n) is 18.4. The highest BCUT2D eigenvalue weighted by Gasteiger charge is 2.43. The average molecular weight is 458 g/mol. The summed E-state index contributed by atoms with van der Waals surface area (Å²) in [4.78, 5) is 25.6. The molecule has 0 radical (unpaired) electrons. The van der Waals surface area contributed by atoms with Gasteiger partial charge in [0, 0.05) is 12.6 Å². The van der Waals surface area contributed by atoms with Crippen molar-refractivity contribution in [3.05, 3.63) is 72.4 Å². The lowest BCUT2D eigenvalue weighted by molar-refractivity contribution is -0.00499. The van der Waals surface area contributed by atoms with E-state index in [2.05, 4.69) is 20.2 Å². The SMILES string of the molecule is O=C(c1c(F)cccc1-n1nccn1)N1CC2CCC1CC2COc1cnc2ccccc2n1. The fraction of sp³-hybridized carbons (Fsp3) is 0.320. The van der Waals surface area contributed by atoms with Gasteiger partial charge in [0.15, 0.2) is 0 Å². The number of nitrogens with zero attached hydrogens (tertiary/aromatic N) is 6. The number of ether oxygens (including phenoxy) is 1. The zero-order chi connectivity index (χ0) is 23.1. The van der Waals surface area contributed by atoms with Gasteiger partial charge in [-0.2, -0.15) is 15.0 Å². The van der Waals surface area contributed by atoms with Gasteiger partial charge in [-0.1, -0.05) is 18.2 Å². The summed E-state index contributed by atoms with van der Waals surface area (Å²) in [6.07, 6.45) is 7.42. The van der Waals surface area contributed by atoms with E-state index in [4.69, 9.17) is 4.74 Å². The van der Waals surface area contributed by atoms with Crippen LogP contribution < -0.4 is 4.74 Å². The Kier molecular flexibility index (Phi) is 5.16. The van der Waals surface area contributed by atoms with Crippen molar-refractivity contribution in [2.24, 2.45) is 11.8 Å². The van der Waals surface area contributed by atoms with Crippen molar-refractivity contribution in [1.29, 1.82) is 0 Å². The summed E-state index contributed by atoms with van der Waals surface area (Å²) in [7, 11) is 0. The first-order valence-electron chi connectivity index (χ1n) is 11.5. The van der Waals surface area contributed by atoms with Gasteiger partial charge >= 0.3 is 0 Å². The first-order chi connectivity index (χ1) is 16.7. The second kappa shape index (κ2) is 8.48. The minimum atomic E-state index is -0.559. The van der Waals surface area contributed by atoms with E-state index in [-0.39, 0.29) is 17.5 Å². The van der Waals surface area contributed by atoms with Crippen molar-refractivity contribution in [3.8, 4) is 11.6 Å². The van der Waals surface area contributed by atoms with Crippen LogP contribution in [-0.2, 0) is 0 Å². The Labute approximate surface area is 195 Å². The van der Waals surface area contributed by atoms with Gasteiger partial charge < -0.3 is 9.64 Å². The summed E-state index contributed by atoms with van der Waals surface area (Å²) in [5, 5.41) is 8.18. The van der Waals surface area contributed by atoms with Crippen LogP contribution in [0.5, 0.6) is 5.88 Å². The molecule has 9 heteroatoms. The van der Waals surface area contributed by atoms with E-state index in [9.17, 15) is 9.18 Å². The third kappa shape index (κ3) is 3.67. The third-order valence-electron chi connectivity index (χ3n) is 6.96. The van der Waals surface area contributed by atoms with E-state index in [0.717, 1.165) is 30.3 Å². The van der Waals surface area contributed by atoms with Crippen LogP contribution in [-0.4, -0.2) is 55.0 Å². The fourth-order valence-electron chi connectivity index (χ4n) is 5.26. The van der Waals surface area contributed by atoms with Crippen LogP contribution in [0, 0.1) is 17.7 Å². The number of hydrogen-bond donors (Lipinski definition) is 0. The summed E-state index contributed by atoms with van der Waals surface area (Å²) in [6.45, 7) is 1.11. The maximum absolute atomic E-state index is 14.8. The molecular weight excluding hydrogens is 435 g/mol. The van der Waals surface area contributed by atoms with E-state index < -0.39 is 5.82 Å². The van der Waals surface area contributed by atoms with Gasteiger partial charge in [-0.15, -0.1) is 0 Å². The maximum Gasteiger partial charge on any atom is 0.259 e. The molecule has 2 aromatic carbocycles. The van der Waals surface area contributed by atoms with Gasteiger partial charge in [-0.05, 0) is 55.4 Å². The van der Waals surface area contributed by atoms with Crippen LogP contribution in [0.4, 0.5) is 4.39 Å². The van der Waals surface area contributed by atoms with Gasteiger partial charge in [0.05, 0.1) is 36.2 Å². The van der Waals surface area contributed by atoms with Crippen molar-refractivity contribution in [3.63, 3.8) is 0 Å². The molecule has 34 heavy (non-hydrogen) atoms. The first kappa shape index (κ1) is 20.7. The molecule has 2 saturated heterocycles. The van der Waals surface area contributed by atoms with Crippen LogP contribution in [0.25, 0.3) is 16.7 Å². The lowest BCUT2D eigenvalue weighted by Gasteiger charge is -2.49. The minimum absolute atomic E-state index is 0.0190. The topological polar surface area (TPSA) is 86.0 Å². The standard InChI is InChI=1S/C25H23FN6O2/c26-19-4-3-7-22(32-28-10-11-29-32)24(19)25(33)31-14-16-8-9-18(31)12-17(16)15-34-23-13-27-20-5-1-2-6-21(20)30-23/h1-7,10-11,13,16-18H,8-9,12,14-15H2. The van der Waals surface area contributed by atoms with Crippen molar-refractivity contribution in [2.75, 3.05) is 13.2 Å². The summed E-state index contributed by atoms with van der Waals surface area (Å²) in [5.74, 6) is 0.246. The minimum Gasteiger partial charge on any atom is -0.476 e. The fourth-order valence-corrected chi connectivity index (χ4v) is 5.26. The number of aromatic nitrogens is 5. The van der Waals surface area contributed by atoms with Crippen LogP contribution in [0.2, 0.25) is 0 Å². The molecule has 4 aromatic rings. The summed E-state index contributed by atoms with van der Waals surface area (Å²) in [5.41, 5.74) is 2.00. The molecule has 8 nitrogen and oxygen atoms in total. The zero-order valence-corrected chi connectivity index (χ0v) is 18.4. The average Bonchev–Trinajstić information content (AvgIpc) is 3.42. The third-order valence-corrected chi connectivity index (χ3v) is 6.96. The summed E-state index contributed by atoms with van der Waals surface area (Å²) >= 11 is 0. The molecule has 7 rings (SSSR count). The van der Waals surface area contributed by atoms with Crippen LogP contribution in [0.15, 0.2) is 61.1 Å². The molecule has 2 aliphatic heterocycles. The molecule has 3 atom stereocenters. The van der Waals surface area contributed by atoms with Gasteiger partial charge in [0.1, 0.15) is 17.1 Å². The summed E-state index contributed by atoms with van der Waals surface area (Å²) in [6, 6.07) is 12.3. The van der Waals surface area contributed by atoms with Crippen LogP contribution >= 0.6 is 0 Å². The van der Waals surface area contributed by atoms with Crippen molar-refractivity contribution >= 4 is 16.9 Å². The van der Waals surface area contributed by atoms with Crippen LogP contribution in [0.1, 0.15) is 29.6 Å². The number of para-hydroxylation sites is 2. The number of fused-ring (bicyclic) bond motifs is 4.